The second kappa shape index (κ2) is 11.9. The van der Waals surface area contributed by atoms with E-state index in [-0.39, 0.29) is 26.7 Å². The summed E-state index contributed by atoms with van der Waals surface area (Å²) in [6.07, 6.45) is 0. The molecule has 0 atom stereocenters. The first-order valence-electron chi connectivity index (χ1n) is 9.82. The van der Waals surface area contributed by atoms with Gasteiger partial charge in [-0.05, 0) is 42.5 Å². The fraction of sp³-hybridized carbons (Fsp3) is 0.0435. The monoisotopic (exact) mass is 585 g/mol. The predicted molar refractivity (Wildman–Crippen MR) is 142 cm³/mol. The van der Waals surface area contributed by atoms with Crippen LogP contribution >= 0.6 is 58.2 Å². The molecule has 3 rings (SSSR count). The molecule has 5 N–H and O–H groups in total. The fourth-order valence-corrected chi connectivity index (χ4v) is 4.74. The van der Waals surface area contributed by atoms with Gasteiger partial charge in [0.25, 0.3) is 5.91 Å². The maximum atomic E-state index is 12.9. The number of halogens is 4. The van der Waals surface area contributed by atoms with Gasteiger partial charge in [0.2, 0.25) is 11.8 Å². The van der Waals surface area contributed by atoms with Gasteiger partial charge in [-0.15, -0.1) is 11.8 Å². The SMILES string of the molecule is NC(=O)c1ccc(NC(=O)CSc2cccc(NC(=O)c3c(Cl)c(Cl)c(Cl)c(Cl)c3C(=O)O)c2)cc1. The number of primary amides is 1. The minimum absolute atomic E-state index is 0.0480. The van der Waals surface area contributed by atoms with Gasteiger partial charge in [0.05, 0.1) is 37.0 Å². The van der Waals surface area contributed by atoms with Gasteiger partial charge < -0.3 is 21.5 Å². The molecule has 0 saturated carbocycles. The Morgan fingerprint density at radius 1 is 0.806 bits per heavy atom. The molecule has 3 aromatic carbocycles. The summed E-state index contributed by atoms with van der Waals surface area (Å²) in [5.74, 6) is -3.20. The van der Waals surface area contributed by atoms with Crippen molar-refractivity contribution in [3.8, 4) is 0 Å². The number of nitrogens with one attached hydrogen (secondary N) is 2. The molecule has 0 radical (unpaired) electrons. The van der Waals surface area contributed by atoms with Crippen LogP contribution in [-0.4, -0.2) is 34.6 Å². The molecule has 0 spiro atoms. The van der Waals surface area contributed by atoms with Gasteiger partial charge in [-0.25, -0.2) is 4.79 Å². The molecular formula is C23H15Cl4N3O5S. The number of carbonyl (C=O) groups excluding carboxylic acids is 3. The van der Waals surface area contributed by atoms with E-state index in [1.807, 2.05) is 0 Å². The maximum Gasteiger partial charge on any atom is 0.338 e. The standard InChI is InChI=1S/C23H15Cl4N3O5S/c24-17-15(16(23(34)35)18(25)20(27)19(17)26)22(33)30-12-2-1-3-13(8-12)36-9-14(31)29-11-6-4-10(5-7-11)21(28)32/h1-8H,9H2,(H2,28,32)(H,29,31)(H,30,33)(H,34,35). The van der Waals surface area contributed by atoms with Crippen LogP contribution in [-0.2, 0) is 4.79 Å². The Labute approximate surface area is 229 Å². The van der Waals surface area contributed by atoms with Crippen LogP contribution in [0.5, 0.6) is 0 Å². The van der Waals surface area contributed by atoms with Crippen LogP contribution in [0.1, 0.15) is 31.1 Å². The van der Waals surface area contributed by atoms with Crippen LogP contribution in [0.15, 0.2) is 53.4 Å². The third kappa shape index (κ3) is 6.43. The molecule has 36 heavy (non-hydrogen) atoms. The topological polar surface area (TPSA) is 139 Å². The van der Waals surface area contributed by atoms with E-state index < -0.39 is 33.9 Å². The fourth-order valence-electron chi connectivity index (χ4n) is 2.97. The summed E-state index contributed by atoms with van der Waals surface area (Å²) in [4.78, 5) is 48.7. The first-order chi connectivity index (χ1) is 17.0. The summed E-state index contributed by atoms with van der Waals surface area (Å²) >= 11 is 25.2. The lowest BCUT2D eigenvalue weighted by Crippen LogP contribution is -2.18. The number of anilines is 2. The van der Waals surface area contributed by atoms with E-state index in [0.29, 0.717) is 21.8 Å². The van der Waals surface area contributed by atoms with E-state index in [1.54, 1.807) is 36.4 Å². The Kier molecular flexibility index (Phi) is 9.10. The van der Waals surface area contributed by atoms with Crippen molar-refractivity contribution in [1.29, 1.82) is 0 Å². The number of aromatic carboxylic acids is 1. The number of carboxylic acids is 1. The van der Waals surface area contributed by atoms with E-state index in [2.05, 4.69) is 10.6 Å². The molecule has 0 bridgehead atoms. The van der Waals surface area contributed by atoms with E-state index in [4.69, 9.17) is 52.1 Å². The van der Waals surface area contributed by atoms with Crippen molar-refractivity contribution < 1.29 is 24.3 Å². The molecule has 0 unspecified atom stereocenters. The zero-order valence-corrected chi connectivity index (χ0v) is 21.7. The highest BCUT2D eigenvalue weighted by Gasteiger charge is 2.29. The Morgan fingerprint density at radius 2 is 1.42 bits per heavy atom. The summed E-state index contributed by atoms with van der Waals surface area (Å²) in [5, 5.41) is 13.5. The van der Waals surface area contributed by atoms with Crippen molar-refractivity contribution in [3.05, 3.63) is 85.3 Å². The quantitative estimate of drug-likeness (QED) is 0.143. The van der Waals surface area contributed by atoms with Crippen molar-refractivity contribution in [2.24, 2.45) is 5.73 Å². The largest absolute Gasteiger partial charge is 0.478 e. The number of nitrogens with two attached hydrogens (primary N) is 1. The van der Waals surface area contributed by atoms with Gasteiger partial charge >= 0.3 is 5.97 Å². The Hall–Kier alpha value is -2.95. The van der Waals surface area contributed by atoms with Crippen LogP contribution in [0.2, 0.25) is 20.1 Å². The van der Waals surface area contributed by atoms with Crippen molar-refractivity contribution in [2.75, 3.05) is 16.4 Å². The summed E-state index contributed by atoms with van der Waals surface area (Å²) in [6.45, 7) is 0. The number of benzene rings is 3. The molecule has 3 aromatic rings. The van der Waals surface area contributed by atoms with Crippen molar-refractivity contribution in [3.63, 3.8) is 0 Å². The molecule has 186 valence electrons. The summed E-state index contributed by atoms with van der Waals surface area (Å²) < 4.78 is 0. The second-order valence-electron chi connectivity index (χ2n) is 7.07. The van der Waals surface area contributed by atoms with Gasteiger partial charge in [-0.1, -0.05) is 52.5 Å². The number of thioether (sulfide) groups is 1. The Bertz CT molecular complexity index is 1380. The van der Waals surface area contributed by atoms with E-state index in [1.165, 1.54) is 23.9 Å². The number of amides is 3. The highest BCUT2D eigenvalue weighted by Crippen LogP contribution is 2.41. The lowest BCUT2D eigenvalue weighted by molar-refractivity contribution is -0.113. The maximum absolute atomic E-state index is 12.9. The molecule has 0 saturated heterocycles. The number of carbonyl (C=O) groups is 4. The minimum atomic E-state index is -1.51. The zero-order valence-electron chi connectivity index (χ0n) is 17.9. The average molecular weight is 587 g/mol. The Morgan fingerprint density at radius 3 is 2.00 bits per heavy atom. The normalized spacial score (nSPS) is 10.6. The van der Waals surface area contributed by atoms with E-state index in [9.17, 15) is 24.3 Å². The molecule has 3 amide bonds. The number of carboxylic acid groups (broad SMARTS) is 1. The van der Waals surface area contributed by atoms with E-state index >= 15 is 0 Å². The first kappa shape index (κ1) is 27.6. The third-order valence-corrected chi connectivity index (χ3v) is 7.42. The summed E-state index contributed by atoms with van der Waals surface area (Å²) in [6, 6.07) is 12.6. The van der Waals surface area contributed by atoms with Gasteiger partial charge in [0, 0.05) is 21.8 Å². The van der Waals surface area contributed by atoms with Gasteiger partial charge in [-0.2, -0.15) is 0 Å². The highest BCUT2D eigenvalue weighted by molar-refractivity contribution is 8.00. The zero-order chi connectivity index (χ0) is 26.6. The first-order valence-corrected chi connectivity index (χ1v) is 12.3. The third-order valence-electron chi connectivity index (χ3n) is 4.62. The van der Waals surface area contributed by atoms with Crippen LogP contribution in [0.3, 0.4) is 0 Å². The molecule has 0 aliphatic carbocycles. The lowest BCUT2D eigenvalue weighted by Gasteiger charge is -2.14. The van der Waals surface area contributed by atoms with Crippen LogP contribution in [0.25, 0.3) is 0 Å². The molecule has 0 fully saturated rings. The van der Waals surface area contributed by atoms with Gasteiger partial charge in [0.15, 0.2) is 0 Å². The van der Waals surface area contributed by atoms with Crippen LogP contribution < -0.4 is 16.4 Å². The van der Waals surface area contributed by atoms with Gasteiger partial charge in [0.1, 0.15) is 0 Å². The Balaban J connectivity index is 1.70. The lowest BCUT2D eigenvalue weighted by atomic mass is 10.1. The van der Waals surface area contributed by atoms with Crippen molar-refractivity contribution in [1.82, 2.24) is 0 Å². The predicted octanol–water partition coefficient (Wildman–Crippen LogP) is 6.08. The second-order valence-corrected chi connectivity index (χ2v) is 9.63. The smallest absolute Gasteiger partial charge is 0.338 e. The average Bonchev–Trinajstić information content (AvgIpc) is 2.83. The van der Waals surface area contributed by atoms with Crippen LogP contribution in [0, 0.1) is 0 Å². The summed E-state index contributed by atoms with van der Waals surface area (Å²) in [5.41, 5.74) is 5.30. The van der Waals surface area contributed by atoms with Crippen LogP contribution in [0.4, 0.5) is 11.4 Å². The number of rotatable bonds is 8. The summed E-state index contributed by atoms with van der Waals surface area (Å²) in [7, 11) is 0. The van der Waals surface area contributed by atoms with Gasteiger partial charge in [-0.3, -0.25) is 14.4 Å². The molecule has 0 aliphatic heterocycles. The van der Waals surface area contributed by atoms with E-state index in [0.717, 1.165) is 0 Å². The molecule has 0 aromatic heterocycles. The molecule has 0 aliphatic rings. The molecule has 13 heteroatoms. The highest BCUT2D eigenvalue weighted by atomic mass is 35.5. The molecule has 0 heterocycles. The molecule has 8 nitrogen and oxygen atoms in total. The number of hydrogen-bond donors (Lipinski definition) is 4. The van der Waals surface area contributed by atoms with Crippen molar-refractivity contribution >= 4 is 93.2 Å². The van der Waals surface area contributed by atoms with Crippen molar-refractivity contribution in [2.45, 2.75) is 4.90 Å². The minimum Gasteiger partial charge on any atom is -0.478 e. The molecular weight excluding hydrogens is 572 g/mol. The number of hydrogen-bond acceptors (Lipinski definition) is 5.